The van der Waals surface area contributed by atoms with Crippen LogP contribution in [-0.2, 0) is 0 Å². The summed E-state index contributed by atoms with van der Waals surface area (Å²) in [5.41, 5.74) is 3.97. The van der Waals surface area contributed by atoms with Crippen molar-refractivity contribution >= 4 is 34.8 Å². The Labute approximate surface area is 134 Å². The van der Waals surface area contributed by atoms with Gasteiger partial charge < -0.3 is 4.74 Å². The summed E-state index contributed by atoms with van der Waals surface area (Å²) < 4.78 is 5.37. The van der Waals surface area contributed by atoms with Gasteiger partial charge in [0.05, 0.1) is 12.5 Å². The van der Waals surface area contributed by atoms with Gasteiger partial charge in [0.25, 0.3) is 0 Å². The second-order valence-electron chi connectivity index (χ2n) is 4.71. The Kier molecular flexibility index (Phi) is 4.85. The molecule has 20 heavy (non-hydrogen) atoms. The van der Waals surface area contributed by atoms with Crippen molar-refractivity contribution in [1.82, 2.24) is 0 Å². The molecule has 0 aliphatic rings. The van der Waals surface area contributed by atoms with Crippen molar-refractivity contribution in [1.29, 1.82) is 0 Å². The molecule has 0 fully saturated rings. The standard InChI is InChI=1S/C16H15Cl3O/c1-9-7-14(18)10(2)6-13(9)16(19)12-5-4-11(17)8-15(12)20-3/h4-8,16H,1-3H3. The smallest absolute Gasteiger partial charge is 0.125 e. The van der Waals surface area contributed by atoms with Gasteiger partial charge in [-0.2, -0.15) is 0 Å². The van der Waals surface area contributed by atoms with Gasteiger partial charge in [-0.3, -0.25) is 0 Å². The first-order valence-corrected chi connectivity index (χ1v) is 7.37. The number of aryl methyl sites for hydroxylation is 2. The lowest BCUT2D eigenvalue weighted by Crippen LogP contribution is -2.00. The van der Waals surface area contributed by atoms with Crippen molar-refractivity contribution in [2.75, 3.05) is 7.11 Å². The maximum absolute atomic E-state index is 6.63. The lowest BCUT2D eigenvalue weighted by Gasteiger charge is -2.17. The lowest BCUT2D eigenvalue weighted by atomic mass is 9.97. The van der Waals surface area contributed by atoms with E-state index in [-0.39, 0.29) is 5.38 Å². The fraction of sp³-hybridized carbons (Fsp3) is 0.250. The average Bonchev–Trinajstić information content (AvgIpc) is 2.42. The number of hydrogen-bond acceptors (Lipinski definition) is 1. The maximum atomic E-state index is 6.63. The SMILES string of the molecule is COc1cc(Cl)ccc1C(Cl)c1cc(C)c(Cl)cc1C. The van der Waals surface area contributed by atoms with E-state index >= 15 is 0 Å². The topological polar surface area (TPSA) is 9.23 Å². The molecule has 2 aromatic carbocycles. The van der Waals surface area contributed by atoms with Crippen LogP contribution in [-0.4, -0.2) is 7.11 Å². The molecule has 0 saturated heterocycles. The summed E-state index contributed by atoms with van der Waals surface area (Å²) in [6.45, 7) is 3.96. The minimum atomic E-state index is -0.307. The molecule has 0 spiro atoms. The number of hydrogen-bond donors (Lipinski definition) is 0. The molecule has 2 aromatic rings. The molecular weight excluding hydrogens is 315 g/mol. The van der Waals surface area contributed by atoms with Crippen molar-refractivity contribution in [3.05, 3.63) is 62.6 Å². The summed E-state index contributed by atoms with van der Waals surface area (Å²) in [5, 5.41) is 1.06. The first kappa shape index (κ1) is 15.5. The van der Waals surface area contributed by atoms with Crippen molar-refractivity contribution in [3.8, 4) is 5.75 Å². The number of rotatable bonds is 3. The van der Waals surface area contributed by atoms with Gasteiger partial charge in [0.15, 0.2) is 0 Å². The number of ether oxygens (including phenoxy) is 1. The van der Waals surface area contributed by atoms with E-state index in [2.05, 4.69) is 0 Å². The lowest BCUT2D eigenvalue weighted by molar-refractivity contribution is 0.410. The summed E-state index contributed by atoms with van der Waals surface area (Å²) in [5.74, 6) is 0.685. The molecule has 0 aromatic heterocycles. The highest BCUT2D eigenvalue weighted by Crippen LogP contribution is 2.38. The molecule has 4 heteroatoms. The van der Waals surface area contributed by atoms with Gasteiger partial charge in [-0.15, -0.1) is 11.6 Å². The van der Waals surface area contributed by atoms with Crippen LogP contribution >= 0.6 is 34.8 Å². The van der Waals surface area contributed by atoms with E-state index in [1.165, 1.54) is 0 Å². The van der Waals surface area contributed by atoms with E-state index < -0.39 is 0 Å². The molecular formula is C16H15Cl3O. The van der Waals surface area contributed by atoms with Gasteiger partial charge >= 0.3 is 0 Å². The molecule has 0 saturated carbocycles. The molecule has 0 aliphatic heterocycles. The van der Waals surface area contributed by atoms with Crippen LogP contribution in [0.2, 0.25) is 10.0 Å². The Morgan fingerprint density at radius 1 is 0.950 bits per heavy atom. The van der Waals surface area contributed by atoms with Crippen LogP contribution in [0.25, 0.3) is 0 Å². The molecule has 0 bridgehead atoms. The minimum absolute atomic E-state index is 0.307. The zero-order valence-corrected chi connectivity index (χ0v) is 13.8. The highest BCUT2D eigenvalue weighted by molar-refractivity contribution is 6.31. The molecule has 106 valence electrons. The van der Waals surface area contributed by atoms with Gasteiger partial charge in [-0.25, -0.2) is 0 Å². The van der Waals surface area contributed by atoms with E-state index in [1.54, 1.807) is 13.2 Å². The Hall–Kier alpha value is -0.890. The average molecular weight is 330 g/mol. The molecule has 2 rings (SSSR count). The third kappa shape index (κ3) is 3.06. The zero-order valence-electron chi connectivity index (χ0n) is 11.5. The van der Waals surface area contributed by atoms with Crippen molar-refractivity contribution in [2.45, 2.75) is 19.2 Å². The molecule has 0 radical (unpaired) electrons. The number of benzene rings is 2. The Bertz CT molecular complexity index is 638. The van der Waals surface area contributed by atoms with Gasteiger partial charge in [0, 0.05) is 15.6 Å². The van der Waals surface area contributed by atoms with E-state index in [1.807, 2.05) is 38.1 Å². The van der Waals surface area contributed by atoms with Gasteiger partial charge in [0.2, 0.25) is 0 Å². The van der Waals surface area contributed by atoms with Crippen molar-refractivity contribution < 1.29 is 4.74 Å². The Morgan fingerprint density at radius 3 is 2.30 bits per heavy atom. The monoisotopic (exact) mass is 328 g/mol. The summed E-state index contributed by atoms with van der Waals surface area (Å²) >= 11 is 18.7. The second-order valence-corrected chi connectivity index (χ2v) is 5.99. The summed E-state index contributed by atoms with van der Waals surface area (Å²) in [4.78, 5) is 0. The van der Waals surface area contributed by atoms with Gasteiger partial charge in [-0.05, 0) is 48.7 Å². The number of halogens is 3. The predicted octanol–water partition coefficient (Wildman–Crippen LogP) is 5.95. The van der Waals surface area contributed by atoms with Crippen LogP contribution in [0.5, 0.6) is 5.75 Å². The molecule has 1 unspecified atom stereocenters. The number of methoxy groups -OCH3 is 1. The predicted molar refractivity (Wildman–Crippen MR) is 86.6 cm³/mol. The van der Waals surface area contributed by atoms with Crippen molar-refractivity contribution in [3.63, 3.8) is 0 Å². The maximum Gasteiger partial charge on any atom is 0.125 e. The zero-order chi connectivity index (χ0) is 14.9. The fourth-order valence-electron chi connectivity index (χ4n) is 2.14. The third-order valence-electron chi connectivity index (χ3n) is 3.29. The molecule has 1 nitrogen and oxygen atoms in total. The molecule has 1 atom stereocenters. The van der Waals surface area contributed by atoms with Crippen LogP contribution < -0.4 is 4.74 Å². The van der Waals surface area contributed by atoms with E-state index in [4.69, 9.17) is 39.5 Å². The largest absolute Gasteiger partial charge is 0.496 e. The minimum Gasteiger partial charge on any atom is -0.496 e. The number of alkyl halides is 1. The molecule has 0 N–H and O–H groups in total. The van der Waals surface area contributed by atoms with Crippen molar-refractivity contribution in [2.24, 2.45) is 0 Å². The van der Waals surface area contributed by atoms with Gasteiger partial charge in [0.1, 0.15) is 5.75 Å². The van der Waals surface area contributed by atoms with E-state index in [0.717, 1.165) is 27.3 Å². The summed E-state index contributed by atoms with van der Waals surface area (Å²) in [6.07, 6.45) is 0. The molecule has 0 amide bonds. The van der Waals surface area contributed by atoms with Crippen LogP contribution in [0.3, 0.4) is 0 Å². The summed E-state index contributed by atoms with van der Waals surface area (Å²) in [6, 6.07) is 9.42. The fourth-order valence-corrected chi connectivity index (χ4v) is 2.93. The first-order valence-electron chi connectivity index (χ1n) is 6.18. The van der Waals surface area contributed by atoms with Gasteiger partial charge in [-0.1, -0.05) is 35.3 Å². The normalized spacial score (nSPS) is 12.3. The summed E-state index contributed by atoms with van der Waals surface area (Å²) in [7, 11) is 1.61. The quantitative estimate of drug-likeness (QED) is 0.632. The molecule has 0 aliphatic carbocycles. The Balaban J connectivity index is 2.51. The highest BCUT2D eigenvalue weighted by Gasteiger charge is 2.18. The molecule has 0 heterocycles. The second kappa shape index (κ2) is 6.26. The first-order chi connectivity index (χ1) is 9.43. The van der Waals surface area contributed by atoms with Crippen LogP contribution in [0, 0.1) is 13.8 Å². The third-order valence-corrected chi connectivity index (χ3v) is 4.40. The van der Waals surface area contributed by atoms with E-state index in [9.17, 15) is 0 Å². The highest BCUT2D eigenvalue weighted by atomic mass is 35.5. The van der Waals surface area contributed by atoms with Crippen LogP contribution in [0.4, 0.5) is 0 Å². The van der Waals surface area contributed by atoms with Crippen LogP contribution in [0.1, 0.15) is 27.6 Å². The van der Waals surface area contributed by atoms with E-state index in [0.29, 0.717) is 10.8 Å². The Morgan fingerprint density at radius 2 is 1.65 bits per heavy atom. The van der Waals surface area contributed by atoms with Crippen LogP contribution in [0.15, 0.2) is 30.3 Å².